The van der Waals surface area contributed by atoms with Gasteiger partial charge < -0.3 is 19.9 Å². The Hall–Kier alpha value is -2.12. The fraction of sp³-hybridized carbons (Fsp3) is 0.364. The summed E-state index contributed by atoms with van der Waals surface area (Å²) < 4.78 is 50.3. The largest absolute Gasteiger partial charge is 0.573 e. The van der Waals surface area contributed by atoms with Crippen LogP contribution < -0.4 is 15.2 Å². The molecule has 8 heteroatoms. The molecule has 0 saturated heterocycles. The van der Waals surface area contributed by atoms with Gasteiger partial charge in [-0.3, -0.25) is 0 Å². The number of alkyl halides is 3. The van der Waals surface area contributed by atoms with E-state index in [1.807, 2.05) is 0 Å². The van der Waals surface area contributed by atoms with Crippen LogP contribution in [0.2, 0.25) is 0 Å². The minimum atomic E-state index is -4.73. The Labute approximate surface area is 106 Å². The summed E-state index contributed by atoms with van der Waals surface area (Å²) in [5.74, 6) is -0.0936. The number of rotatable bonds is 4. The minimum absolute atomic E-state index is 0.0859. The third kappa shape index (κ3) is 4.23. The van der Waals surface area contributed by atoms with E-state index in [0.717, 1.165) is 6.07 Å². The molecule has 2 N–H and O–H groups in total. The van der Waals surface area contributed by atoms with E-state index in [-0.39, 0.29) is 30.2 Å². The molecule has 0 radical (unpaired) electrons. The van der Waals surface area contributed by atoms with Gasteiger partial charge >= 0.3 is 6.36 Å². The molecule has 1 aliphatic heterocycles. The average Bonchev–Trinajstić information content (AvgIpc) is 2.71. The van der Waals surface area contributed by atoms with Gasteiger partial charge in [-0.1, -0.05) is 6.07 Å². The topological polar surface area (TPSA) is 66.1 Å². The molecule has 1 aromatic carbocycles. The van der Waals surface area contributed by atoms with Crippen LogP contribution in [0.25, 0.3) is 0 Å². The highest BCUT2D eigenvalue weighted by Gasteiger charge is 2.31. The molecule has 2 rings (SSSR count). The van der Waals surface area contributed by atoms with Crippen LogP contribution in [-0.2, 0) is 4.74 Å². The molecule has 0 amide bonds. The van der Waals surface area contributed by atoms with Crippen LogP contribution in [0.5, 0.6) is 11.5 Å². The van der Waals surface area contributed by atoms with Crippen molar-refractivity contribution in [1.82, 2.24) is 0 Å². The normalized spacial score (nSPS) is 18.7. The van der Waals surface area contributed by atoms with Crippen molar-refractivity contribution in [3.05, 3.63) is 24.3 Å². The SMILES string of the molecule is NC1=NCC(COc2cccc(OC(F)(F)F)c2)O1. The summed E-state index contributed by atoms with van der Waals surface area (Å²) in [6.45, 7) is 0.504. The zero-order valence-electron chi connectivity index (χ0n) is 9.68. The Morgan fingerprint density at radius 3 is 2.74 bits per heavy atom. The lowest BCUT2D eigenvalue weighted by atomic mass is 10.3. The molecular weight excluding hydrogens is 265 g/mol. The van der Waals surface area contributed by atoms with Crippen LogP contribution >= 0.6 is 0 Å². The van der Waals surface area contributed by atoms with E-state index in [1.54, 1.807) is 0 Å². The van der Waals surface area contributed by atoms with E-state index in [0.29, 0.717) is 6.54 Å². The molecule has 1 atom stereocenters. The van der Waals surface area contributed by atoms with Gasteiger partial charge in [-0.15, -0.1) is 13.2 Å². The van der Waals surface area contributed by atoms with E-state index < -0.39 is 6.36 Å². The lowest BCUT2D eigenvalue weighted by Gasteiger charge is -2.13. The maximum atomic E-state index is 12.0. The van der Waals surface area contributed by atoms with Gasteiger partial charge in [0.1, 0.15) is 18.1 Å². The van der Waals surface area contributed by atoms with E-state index in [9.17, 15) is 13.2 Å². The third-order valence-corrected chi connectivity index (χ3v) is 2.21. The van der Waals surface area contributed by atoms with Crippen molar-refractivity contribution in [3.8, 4) is 11.5 Å². The molecule has 19 heavy (non-hydrogen) atoms. The summed E-state index contributed by atoms with van der Waals surface area (Å²) in [6, 6.07) is 5.34. The second-order valence-electron chi connectivity index (χ2n) is 3.75. The summed E-state index contributed by atoms with van der Waals surface area (Å²) in [7, 11) is 0. The standard InChI is InChI=1S/C11H11F3N2O3/c12-11(13,14)19-8-3-1-2-7(4-8)17-6-9-5-16-10(15)18-9/h1-4,9H,5-6H2,(H2,15,16). The average molecular weight is 276 g/mol. The maximum Gasteiger partial charge on any atom is 0.573 e. The van der Waals surface area contributed by atoms with Gasteiger partial charge in [0.2, 0.25) is 0 Å². The van der Waals surface area contributed by atoms with Crippen molar-refractivity contribution in [2.75, 3.05) is 13.2 Å². The second kappa shape index (κ2) is 5.25. The van der Waals surface area contributed by atoms with Crippen LogP contribution in [0.15, 0.2) is 29.3 Å². The van der Waals surface area contributed by atoms with Crippen molar-refractivity contribution in [1.29, 1.82) is 0 Å². The van der Waals surface area contributed by atoms with Crippen LogP contribution in [0.1, 0.15) is 0 Å². The highest BCUT2D eigenvalue weighted by Crippen LogP contribution is 2.26. The van der Waals surface area contributed by atoms with Crippen LogP contribution in [0.3, 0.4) is 0 Å². The molecule has 1 heterocycles. The number of hydrogen-bond acceptors (Lipinski definition) is 5. The summed E-state index contributed by atoms with van der Waals surface area (Å²) in [4.78, 5) is 3.81. The minimum Gasteiger partial charge on any atom is -0.490 e. The van der Waals surface area contributed by atoms with E-state index in [1.165, 1.54) is 18.2 Å². The number of hydrogen-bond donors (Lipinski definition) is 1. The molecule has 0 fully saturated rings. The number of amidine groups is 1. The summed E-state index contributed by atoms with van der Waals surface area (Å²) in [5.41, 5.74) is 5.31. The molecule has 0 bridgehead atoms. The number of ether oxygens (including phenoxy) is 3. The Balaban J connectivity index is 1.89. The monoisotopic (exact) mass is 276 g/mol. The molecule has 1 aliphatic rings. The van der Waals surface area contributed by atoms with Gasteiger partial charge in [0.15, 0.2) is 6.10 Å². The highest BCUT2D eigenvalue weighted by molar-refractivity contribution is 5.73. The number of aliphatic imine (C=N–C) groups is 1. The molecular formula is C11H11F3N2O3. The fourth-order valence-corrected chi connectivity index (χ4v) is 1.47. The Morgan fingerprint density at radius 1 is 1.37 bits per heavy atom. The van der Waals surface area contributed by atoms with E-state index in [2.05, 4.69) is 9.73 Å². The Kier molecular flexibility index (Phi) is 3.68. The lowest BCUT2D eigenvalue weighted by Crippen LogP contribution is -2.24. The van der Waals surface area contributed by atoms with Crippen molar-refractivity contribution in [2.24, 2.45) is 10.7 Å². The predicted molar refractivity (Wildman–Crippen MR) is 60.0 cm³/mol. The molecule has 0 saturated carbocycles. The zero-order chi connectivity index (χ0) is 13.9. The van der Waals surface area contributed by atoms with E-state index in [4.69, 9.17) is 15.2 Å². The van der Waals surface area contributed by atoms with Gasteiger partial charge in [0, 0.05) is 6.07 Å². The molecule has 0 spiro atoms. The zero-order valence-corrected chi connectivity index (χ0v) is 9.68. The van der Waals surface area contributed by atoms with Crippen molar-refractivity contribution < 1.29 is 27.4 Å². The number of halogens is 3. The smallest absolute Gasteiger partial charge is 0.490 e. The number of benzene rings is 1. The second-order valence-corrected chi connectivity index (χ2v) is 3.75. The fourth-order valence-electron chi connectivity index (χ4n) is 1.47. The first kappa shape index (κ1) is 13.3. The van der Waals surface area contributed by atoms with Crippen LogP contribution in [0.4, 0.5) is 13.2 Å². The lowest BCUT2D eigenvalue weighted by molar-refractivity contribution is -0.274. The van der Waals surface area contributed by atoms with Gasteiger partial charge in [-0.05, 0) is 12.1 Å². The van der Waals surface area contributed by atoms with Crippen molar-refractivity contribution >= 4 is 6.02 Å². The van der Waals surface area contributed by atoms with Gasteiger partial charge in [-0.25, -0.2) is 4.99 Å². The van der Waals surface area contributed by atoms with Gasteiger partial charge in [0.25, 0.3) is 6.02 Å². The first-order valence-corrected chi connectivity index (χ1v) is 5.37. The summed E-state index contributed by atoms with van der Waals surface area (Å²) in [6.07, 6.45) is -5.05. The third-order valence-electron chi connectivity index (χ3n) is 2.21. The van der Waals surface area contributed by atoms with Crippen LogP contribution in [-0.4, -0.2) is 31.6 Å². The highest BCUT2D eigenvalue weighted by atomic mass is 19.4. The summed E-state index contributed by atoms with van der Waals surface area (Å²) >= 11 is 0. The van der Waals surface area contributed by atoms with Crippen molar-refractivity contribution in [2.45, 2.75) is 12.5 Å². The van der Waals surface area contributed by atoms with Gasteiger partial charge in [-0.2, -0.15) is 0 Å². The number of nitrogens with two attached hydrogens (primary N) is 1. The molecule has 5 nitrogen and oxygen atoms in total. The maximum absolute atomic E-state index is 12.0. The van der Waals surface area contributed by atoms with Crippen molar-refractivity contribution in [3.63, 3.8) is 0 Å². The molecule has 104 valence electrons. The first-order chi connectivity index (χ1) is 8.92. The molecule has 1 aromatic rings. The number of nitrogens with zero attached hydrogens (tertiary/aromatic N) is 1. The van der Waals surface area contributed by atoms with Crippen LogP contribution in [0, 0.1) is 0 Å². The van der Waals surface area contributed by atoms with E-state index >= 15 is 0 Å². The van der Waals surface area contributed by atoms with Gasteiger partial charge in [0.05, 0.1) is 6.54 Å². The molecule has 0 aliphatic carbocycles. The molecule has 1 unspecified atom stereocenters. The Bertz CT molecular complexity index is 476. The first-order valence-electron chi connectivity index (χ1n) is 5.37. The predicted octanol–water partition coefficient (Wildman–Crippen LogP) is 1.68. The Morgan fingerprint density at radius 2 is 2.11 bits per heavy atom. The quantitative estimate of drug-likeness (QED) is 0.908. The summed E-state index contributed by atoms with van der Waals surface area (Å²) in [5, 5.41) is 0. The molecule has 0 aromatic heterocycles.